The largest absolute Gasteiger partial charge is 0.320 e. The lowest BCUT2D eigenvalue weighted by atomic mass is 10.0. The van der Waals surface area contributed by atoms with E-state index < -0.39 is 0 Å². The summed E-state index contributed by atoms with van der Waals surface area (Å²) in [5.41, 5.74) is 2.27. The number of nitrogens with one attached hydrogen (secondary N) is 1. The molecule has 1 N–H and O–H groups in total. The maximum Gasteiger partial charge on any atom is 0.0915 e. The van der Waals surface area contributed by atoms with Crippen LogP contribution in [0.5, 0.6) is 0 Å². The van der Waals surface area contributed by atoms with Gasteiger partial charge in [-0.25, -0.2) is 0 Å². The van der Waals surface area contributed by atoms with Gasteiger partial charge in [-0.2, -0.15) is 5.26 Å². The van der Waals surface area contributed by atoms with Gasteiger partial charge in [-0.1, -0.05) is 30.3 Å². The average Bonchev–Trinajstić information content (AvgIpc) is 2.29. The van der Waals surface area contributed by atoms with Gasteiger partial charge < -0.3 is 5.32 Å². The molecule has 0 aromatic heterocycles. The van der Waals surface area contributed by atoms with Crippen LogP contribution in [0, 0.1) is 11.3 Å². The maximum atomic E-state index is 8.71. The molecule has 0 heterocycles. The molecular formula is C13H16N2. The second-order valence-corrected chi connectivity index (χ2v) is 3.37. The van der Waals surface area contributed by atoms with Crippen LogP contribution in [-0.4, -0.2) is 13.6 Å². The monoisotopic (exact) mass is 200 g/mol. The molecule has 2 nitrogen and oxygen atoms in total. The summed E-state index contributed by atoms with van der Waals surface area (Å²) in [6, 6.07) is 12.2. The third-order valence-electron chi connectivity index (χ3n) is 2.26. The van der Waals surface area contributed by atoms with Gasteiger partial charge in [0.2, 0.25) is 0 Å². The first-order valence-electron chi connectivity index (χ1n) is 5.17. The van der Waals surface area contributed by atoms with E-state index in [2.05, 4.69) is 11.4 Å². The molecular weight excluding hydrogens is 184 g/mol. The van der Waals surface area contributed by atoms with Crippen LogP contribution < -0.4 is 5.32 Å². The van der Waals surface area contributed by atoms with E-state index in [0.717, 1.165) is 30.5 Å². The second-order valence-electron chi connectivity index (χ2n) is 3.37. The quantitative estimate of drug-likeness (QED) is 0.585. The molecule has 0 aliphatic carbocycles. The molecule has 0 amide bonds. The minimum atomic E-state index is 0.943. The molecule has 1 rings (SSSR count). The molecule has 78 valence electrons. The van der Waals surface area contributed by atoms with Crippen molar-refractivity contribution in [1.82, 2.24) is 5.32 Å². The van der Waals surface area contributed by atoms with Crippen LogP contribution in [0.3, 0.4) is 0 Å². The zero-order valence-corrected chi connectivity index (χ0v) is 9.03. The van der Waals surface area contributed by atoms with Crippen molar-refractivity contribution in [1.29, 1.82) is 5.26 Å². The Bertz CT molecular complexity index is 347. The molecule has 2 heteroatoms. The molecule has 0 aliphatic heterocycles. The van der Waals surface area contributed by atoms with Crippen LogP contribution in [0.2, 0.25) is 0 Å². The Hall–Kier alpha value is -1.59. The van der Waals surface area contributed by atoms with E-state index in [1.807, 2.05) is 37.4 Å². The van der Waals surface area contributed by atoms with Crippen molar-refractivity contribution in [2.45, 2.75) is 12.8 Å². The van der Waals surface area contributed by atoms with Gasteiger partial charge in [0.15, 0.2) is 0 Å². The Labute approximate surface area is 91.2 Å². The van der Waals surface area contributed by atoms with Crippen molar-refractivity contribution in [3.63, 3.8) is 0 Å². The van der Waals surface area contributed by atoms with Crippen LogP contribution >= 0.6 is 0 Å². The third kappa shape index (κ3) is 3.97. The first kappa shape index (κ1) is 11.5. The summed E-state index contributed by atoms with van der Waals surface area (Å²) in [4.78, 5) is 0. The Morgan fingerprint density at radius 2 is 2.13 bits per heavy atom. The smallest absolute Gasteiger partial charge is 0.0915 e. The lowest BCUT2D eigenvalue weighted by Gasteiger charge is -2.05. The molecule has 0 aliphatic rings. The van der Waals surface area contributed by atoms with Crippen molar-refractivity contribution in [3.05, 3.63) is 42.0 Å². The molecule has 1 aromatic carbocycles. The summed E-state index contributed by atoms with van der Waals surface area (Å²) in [6.45, 7) is 0.982. The molecule has 0 atom stereocenters. The highest BCUT2D eigenvalue weighted by Crippen LogP contribution is 2.18. The van der Waals surface area contributed by atoms with Gasteiger partial charge in [0.25, 0.3) is 0 Å². The third-order valence-corrected chi connectivity index (χ3v) is 2.26. The molecule has 0 radical (unpaired) electrons. The molecule has 0 fully saturated rings. The second kappa shape index (κ2) is 6.80. The zero-order valence-electron chi connectivity index (χ0n) is 9.03. The van der Waals surface area contributed by atoms with Gasteiger partial charge in [0.1, 0.15) is 0 Å². The van der Waals surface area contributed by atoms with Gasteiger partial charge in [-0.05, 0) is 37.6 Å². The minimum absolute atomic E-state index is 0.943. The Balaban J connectivity index is 2.68. The predicted octanol–water partition coefficient (Wildman–Crippen LogP) is 2.59. The summed E-state index contributed by atoms with van der Waals surface area (Å²) in [7, 11) is 1.94. The molecule has 0 bridgehead atoms. The predicted molar refractivity (Wildman–Crippen MR) is 63.2 cm³/mol. The summed E-state index contributed by atoms with van der Waals surface area (Å²) in [5, 5.41) is 11.8. The molecule has 0 spiro atoms. The SMILES string of the molecule is CNCCC/C(=C\C#N)c1ccccc1. The highest BCUT2D eigenvalue weighted by atomic mass is 14.8. The van der Waals surface area contributed by atoms with E-state index in [1.165, 1.54) is 0 Å². The standard InChI is InChI=1S/C13H16N2/c1-15-11-5-8-13(9-10-14)12-6-3-2-4-7-12/h2-4,6-7,9,15H,5,8,11H2,1H3/b13-9+. The maximum absolute atomic E-state index is 8.71. The minimum Gasteiger partial charge on any atom is -0.320 e. The number of nitriles is 1. The van der Waals surface area contributed by atoms with Crippen molar-refractivity contribution in [2.75, 3.05) is 13.6 Å². The molecule has 0 unspecified atom stereocenters. The highest BCUT2D eigenvalue weighted by Gasteiger charge is 1.99. The fourth-order valence-electron chi connectivity index (χ4n) is 1.49. The highest BCUT2D eigenvalue weighted by molar-refractivity contribution is 5.67. The van der Waals surface area contributed by atoms with Gasteiger partial charge in [0.05, 0.1) is 6.07 Å². The van der Waals surface area contributed by atoms with E-state index in [0.29, 0.717) is 0 Å². The van der Waals surface area contributed by atoms with E-state index >= 15 is 0 Å². The number of nitrogens with zero attached hydrogens (tertiary/aromatic N) is 1. The Morgan fingerprint density at radius 1 is 1.40 bits per heavy atom. The Kier molecular flexibility index (Phi) is 5.21. The Morgan fingerprint density at radius 3 is 2.73 bits per heavy atom. The van der Waals surface area contributed by atoms with Crippen LogP contribution in [0.15, 0.2) is 36.4 Å². The van der Waals surface area contributed by atoms with Crippen molar-refractivity contribution < 1.29 is 0 Å². The molecule has 0 saturated heterocycles. The molecule has 0 saturated carbocycles. The fourth-order valence-corrected chi connectivity index (χ4v) is 1.49. The average molecular weight is 200 g/mol. The van der Waals surface area contributed by atoms with Crippen molar-refractivity contribution in [2.24, 2.45) is 0 Å². The van der Waals surface area contributed by atoms with Gasteiger partial charge in [0, 0.05) is 6.08 Å². The molecule has 15 heavy (non-hydrogen) atoms. The van der Waals surface area contributed by atoms with E-state index in [9.17, 15) is 0 Å². The fraction of sp³-hybridized carbons (Fsp3) is 0.308. The van der Waals surface area contributed by atoms with Gasteiger partial charge >= 0.3 is 0 Å². The lowest BCUT2D eigenvalue weighted by molar-refractivity contribution is 0.741. The first-order valence-corrected chi connectivity index (χ1v) is 5.17. The van der Waals surface area contributed by atoms with E-state index in [4.69, 9.17) is 5.26 Å². The summed E-state index contributed by atoms with van der Waals surface area (Å²) >= 11 is 0. The van der Waals surface area contributed by atoms with Crippen molar-refractivity contribution in [3.8, 4) is 6.07 Å². The van der Waals surface area contributed by atoms with Crippen LogP contribution in [0.1, 0.15) is 18.4 Å². The number of benzene rings is 1. The summed E-state index contributed by atoms with van der Waals surface area (Å²) < 4.78 is 0. The summed E-state index contributed by atoms with van der Waals surface area (Å²) in [6.07, 6.45) is 3.64. The lowest BCUT2D eigenvalue weighted by Crippen LogP contribution is -2.07. The topological polar surface area (TPSA) is 35.8 Å². The summed E-state index contributed by atoms with van der Waals surface area (Å²) in [5.74, 6) is 0. The van der Waals surface area contributed by atoms with Gasteiger partial charge in [-0.3, -0.25) is 0 Å². The van der Waals surface area contributed by atoms with Crippen LogP contribution in [-0.2, 0) is 0 Å². The van der Waals surface area contributed by atoms with Crippen LogP contribution in [0.25, 0.3) is 5.57 Å². The van der Waals surface area contributed by atoms with E-state index in [-0.39, 0.29) is 0 Å². The zero-order chi connectivity index (χ0) is 10.9. The van der Waals surface area contributed by atoms with Gasteiger partial charge in [-0.15, -0.1) is 0 Å². The van der Waals surface area contributed by atoms with Crippen LogP contribution in [0.4, 0.5) is 0 Å². The van der Waals surface area contributed by atoms with E-state index in [1.54, 1.807) is 6.08 Å². The van der Waals surface area contributed by atoms with Crippen molar-refractivity contribution >= 4 is 5.57 Å². The number of hydrogen-bond acceptors (Lipinski definition) is 2. The normalized spacial score (nSPS) is 11.1. The first-order chi connectivity index (χ1) is 7.38. The number of rotatable bonds is 5. The number of hydrogen-bond donors (Lipinski definition) is 1. The number of allylic oxidation sites excluding steroid dienone is 2. The molecule has 1 aromatic rings.